The van der Waals surface area contributed by atoms with Crippen molar-refractivity contribution >= 4 is 51.2 Å². The number of imide groups is 1. The molecule has 218 valence electrons. The summed E-state index contributed by atoms with van der Waals surface area (Å²) < 4.78 is 5.88. The number of hydrogen-bond donors (Lipinski definition) is 2. The average molecular weight is 650 g/mol. The molecule has 1 saturated heterocycles. The van der Waals surface area contributed by atoms with Gasteiger partial charge in [0.2, 0.25) is 11.8 Å². The number of ether oxygens (including phenoxy) is 1. The van der Waals surface area contributed by atoms with Crippen molar-refractivity contribution in [1.82, 2.24) is 10.9 Å². The van der Waals surface area contributed by atoms with E-state index in [1.165, 1.54) is 29.2 Å². The molecule has 44 heavy (non-hydrogen) atoms. The molecule has 0 radical (unpaired) electrons. The van der Waals surface area contributed by atoms with Gasteiger partial charge in [-0.2, -0.15) is 0 Å². The van der Waals surface area contributed by atoms with Crippen molar-refractivity contribution in [3.63, 3.8) is 0 Å². The van der Waals surface area contributed by atoms with Crippen LogP contribution in [-0.2, 0) is 19.1 Å². The van der Waals surface area contributed by atoms with Gasteiger partial charge in [0.1, 0.15) is 0 Å². The van der Waals surface area contributed by atoms with Crippen LogP contribution in [0.25, 0.3) is 0 Å². The summed E-state index contributed by atoms with van der Waals surface area (Å²) in [6.45, 7) is -0.627. The maximum absolute atomic E-state index is 13.9. The van der Waals surface area contributed by atoms with E-state index in [1.807, 2.05) is 24.3 Å². The number of anilines is 1. The molecule has 0 aromatic heterocycles. The summed E-state index contributed by atoms with van der Waals surface area (Å²) in [6.07, 6.45) is 0. The minimum atomic E-state index is -0.775. The normalized spacial score (nSPS) is 20.8. The molecular weight excluding hydrogens is 626 g/mol. The number of nitrogens with one attached hydrogen (secondary N) is 2. The molecular formula is C34H24BrN3O6. The van der Waals surface area contributed by atoms with Crippen LogP contribution in [0.5, 0.6) is 0 Å². The van der Waals surface area contributed by atoms with Crippen LogP contribution in [0.1, 0.15) is 54.8 Å². The van der Waals surface area contributed by atoms with Gasteiger partial charge < -0.3 is 4.74 Å². The first kappa shape index (κ1) is 27.7. The van der Waals surface area contributed by atoms with E-state index in [9.17, 15) is 24.0 Å². The molecule has 2 bridgehead atoms. The summed E-state index contributed by atoms with van der Waals surface area (Å²) in [7, 11) is 0. The van der Waals surface area contributed by atoms with Crippen molar-refractivity contribution in [3.8, 4) is 0 Å². The second-order valence-electron chi connectivity index (χ2n) is 10.9. The van der Waals surface area contributed by atoms with Gasteiger partial charge in [0, 0.05) is 21.9 Å². The van der Waals surface area contributed by atoms with Crippen molar-refractivity contribution in [2.45, 2.75) is 11.8 Å². The Balaban J connectivity index is 1.02. The van der Waals surface area contributed by atoms with Gasteiger partial charge in [0.15, 0.2) is 6.61 Å². The smallest absolute Gasteiger partial charge is 0.338 e. The number of hydrogen-bond acceptors (Lipinski definition) is 6. The zero-order valence-corrected chi connectivity index (χ0v) is 24.6. The van der Waals surface area contributed by atoms with Crippen LogP contribution in [0.3, 0.4) is 0 Å². The minimum Gasteiger partial charge on any atom is -0.452 e. The lowest BCUT2D eigenvalue weighted by atomic mass is 9.55. The summed E-state index contributed by atoms with van der Waals surface area (Å²) in [5, 5.41) is 0. The molecule has 3 aliphatic carbocycles. The number of esters is 1. The number of amides is 4. The highest BCUT2D eigenvalue weighted by atomic mass is 79.9. The van der Waals surface area contributed by atoms with Crippen LogP contribution in [0.2, 0.25) is 0 Å². The largest absolute Gasteiger partial charge is 0.452 e. The van der Waals surface area contributed by atoms with Crippen molar-refractivity contribution < 1.29 is 28.7 Å². The van der Waals surface area contributed by atoms with Gasteiger partial charge in [-0.1, -0.05) is 64.5 Å². The molecule has 2 N–H and O–H groups in total. The molecule has 4 aliphatic rings. The lowest BCUT2D eigenvalue weighted by molar-refractivity contribution is -0.125. The Morgan fingerprint density at radius 2 is 1.14 bits per heavy atom. The Hall–Kier alpha value is -5.09. The summed E-state index contributed by atoms with van der Waals surface area (Å²) in [5.41, 5.74) is 9.67. The Morgan fingerprint density at radius 3 is 1.64 bits per heavy atom. The molecule has 2 atom stereocenters. The average Bonchev–Trinajstić information content (AvgIpc) is 3.32. The van der Waals surface area contributed by atoms with E-state index in [-0.39, 0.29) is 29.2 Å². The second-order valence-corrected chi connectivity index (χ2v) is 11.8. The van der Waals surface area contributed by atoms with Crippen molar-refractivity contribution in [2.75, 3.05) is 11.5 Å². The fourth-order valence-corrected chi connectivity index (χ4v) is 6.99. The van der Waals surface area contributed by atoms with Crippen molar-refractivity contribution in [3.05, 3.63) is 135 Å². The Bertz CT molecular complexity index is 1740. The SMILES string of the molecule is O=C(COC(=O)c1ccc(N2C(=O)[C@H]3C4c5ccccc5C(c5ccccc54)[C@@H]3C2=O)cc1)NNC(=O)c1ccc(Br)cc1. The fourth-order valence-electron chi connectivity index (χ4n) is 6.73. The topological polar surface area (TPSA) is 122 Å². The van der Waals surface area contributed by atoms with Crippen LogP contribution in [0.4, 0.5) is 5.69 Å². The number of rotatable bonds is 5. The van der Waals surface area contributed by atoms with Crippen LogP contribution >= 0.6 is 15.9 Å². The number of carbonyl (C=O) groups is 5. The molecule has 1 heterocycles. The monoisotopic (exact) mass is 649 g/mol. The van der Waals surface area contributed by atoms with Gasteiger partial charge in [-0.25, -0.2) is 9.69 Å². The molecule has 8 rings (SSSR count). The predicted molar refractivity (Wildman–Crippen MR) is 163 cm³/mol. The lowest BCUT2D eigenvalue weighted by Crippen LogP contribution is -2.43. The third-order valence-electron chi connectivity index (χ3n) is 8.57. The number of carbonyl (C=O) groups excluding carboxylic acids is 5. The molecule has 4 aromatic rings. The van der Waals surface area contributed by atoms with Gasteiger partial charge in [0.25, 0.3) is 11.8 Å². The molecule has 4 amide bonds. The highest BCUT2D eigenvalue weighted by Gasteiger charge is 2.61. The molecule has 0 saturated carbocycles. The minimum absolute atomic E-state index is 0.136. The summed E-state index contributed by atoms with van der Waals surface area (Å²) in [5.74, 6) is -3.98. The van der Waals surface area contributed by atoms with Crippen LogP contribution < -0.4 is 15.8 Å². The van der Waals surface area contributed by atoms with E-state index in [4.69, 9.17) is 4.74 Å². The Kier molecular flexibility index (Phi) is 6.85. The standard InChI is InChI=1S/C34H24BrN3O6/c35-20-13-9-18(10-14-20)31(40)37-36-26(39)17-44-34(43)19-11-15-21(16-12-19)38-32(41)29-27-22-5-1-2-6-23(22)28(30(29)33(38)42)25-8-4-3-7-24(25)27/h1-16,27-30H,17H2,(H,36,39)(H,37,40)/t27?,28?,29-,30-/m0/s1. The zero-order valence-electron chi connectivity index (χ0n) is 23.0. The van der Waals surface area contributed by atoms with Gasteiger partial charge in [-0.15, -0.1) is 0 Å². The quantitative estimate of drug-likeness (QED) is 0.187. The highest BCUT2D eigenvalue weighted by molar-refractivity contribution is 9.10. The molecule has 1 aliphatic heterocycles. The zero-order chi connectivity index (χ0) is 30.5. The van der Waals surface area contributed by atoms with Crippen LogP contribution in [0.15, 0.2) is 102 Å². The van der Waals surface area contributed by atoms with E-state index in [2.05, 4.69) is 51.0 Å². The number of hydrazine groups is 1. The first-order valence-electron chi connectivity index (χ1n) is 14.0. The number of nitrogens with zero attached hydrogens (tertiary/aromatic N) is 1. The maximum Gasteiger partial charge on any atom is 0.338 e. The van der Waals surface area contributed by atoms with Crippen molar-refractivity contribution in [2.24, 2.45) is 11.8 Å². The fraction of sp³-hybridized carbons (Fsp3) is 0.147. The summed E-state index contributed by atoms with van der Waals surface area (Å²) >= 11 is 3.28. The third-order valence-corrected chi connectivity index (χ3v) is 9.09. The highest BCUT2D eigenvalue weighted by Crippen LogP contribution is 2.61. The van der Waals surface area contributed by atoms with Crippen molar-refractivity contribution in [1.29, 1.82) is 0 Å². The first-order valence-corrected chi connectivity index (χ1v) is 14.8. The molecule has 4 aromatic carbocycles. The predicted octanol–water partition coefficient (Wildman–Crippen LogP) is 4.46. The van der Waals surface area contributed by atoms with Crippen LogP contribution in [-0.4, -0.2) is 36.2 Å². The number of halogens is 1. The molecule has 1 fully saturated rings. The Labute approximate surface area is 260 Å². The van der Waals surface area contributed by atoms with E-state index < -0.39 is 36.2 Å². The van der Waals surface area contributed by atoms with E-state index in [0.29, 0.717) is 11.3 Å². The maximum atomic E-state index is 13.9. The number of benzene rings is 4. The van der Waals surface area contributed by atoms with Gasteiger partial charge in [0.05, 0.1) is 23.1 Å². The second kappa shape index (κ2) is 10.9. The summed E-state index contributed by atoms with van der Waals surface area (Å²) in [4.78, 5) is 65.9. The summed E-state index contributed by atoms with van der Waals surface area (Å²) in [6, 6.07) is 28.6. The van der Waals surface area contributed by atoms with E-state index in [1.54, 1.807) is 24.3 Å². The van der Waals surface area contributed by atoms with E-state index >= 15 is 0 Å². The molecule has 10 heteroatoms. The first-order chi connectivity index (χ1) is 21.3. The molecule has 0 unspecified atom stereocenters. The van der Waals surface area contributed by atoms with Gasteiger partial charge in [-0.05, 0) is 70.8 Å². The van der Waals surface area contributed by atoms with Gasteiger partial charge in [-0.3, -0.25) is 30.0 Å². The third kappa shape index (κ3) is 4.49. The van der Waals surface area contributed by atoms with Crippen LogP contribution in [0, 0.1) is 11.8 Å². The Morgan fingerprint density at radius 1 is 0.659 bits per heavy atom. The van der Waals surface area contributed by atoms with Gasteiger partial charge >= 0.3 is 5.97 Å². The van der Waals surface area contributed by atoms with E-state index in [0.717, 1.165) is 26.7 Å². The molecule has 9 nitrogen and oxygen atoms in total. The lowest BCUT2D eigenvalue weighted by Gasteiger charge is -2.45. The molecule has 0 spiro atoms.